The maximum Gasteiger partial charge on any atom is 0.173 e. The van der Waals surface area contributed by atoms with Gasteiger partial charge in [-0.2, -0.15) is 0 Å². The molecule has 5 nitrogen and oxygen atoms in total. The zero-order valence-electron chi connectivity index (χ0n) is 16.2. The molecule has 26 heavy (non-hydrogen) atoms. The Balaban J connectivity index is 2.45. The molecule has 0 spiro atoms. The number of Topliss-reactive ketones (excluding diaryl/α,β-unsaturated/α-hetero) is 1. The van der Waals surface area contributed by atoms with Crippen molar-refractivity contribution < 1.29 is 14.3 Å². The van der Waals surface area contributed by atoms with Crippen LogP contribution in [-0.4, -0.2) is 36.1 Å². The molecule has 0 saturated heterocycles. The molecule has 0 amide bonds. The third kappa shape index (κ3) is 4.18. The molecule has 0 radical (unpaired) electrons. The number of rotatable bonds is 8. The molecule has 1 aromatic carbocycles. The van der Waals surface area contributed by atoms with Gasteiger partial charge in [0.25, 0.3) is 0 Å². The summed E-state index contributed by atoms with van der Waals surface area (Å²) >= 11 is 5.54. The van der Waals surface area contributed by atoms with Crippen LogP contribution in [-0.2, 0) is 4.79 Å². The number of hydrogen-bond acceptors (Lipinski definition) is 4. The van der Waals surface area contributed by atoms with E-state index in [4.69, 9.17) is 21.7 Å². The molecule has 0 bridgehead atoms. The number of nitrogens with one attached hydrogen (secondary N) is 1. The lowest BCUT2D eigenvalue weighted by atomic mass is 9.92. The Labute approximate surface area is 161 Å². The average molecular weight is 377 g/mol. The lowest BCUT2D eigenvalue weighted by molar-refractivity contribution is -0.114. The number of carbonyl (C=O) groups excluding carboxylic acids is 1. The van der Waals surface area contributed by atoms with Gasteiger partial charge in [0.15, 0.2) is 22.4 Å². The van der Waals surface area contributed by atoms with E-state index in [0.717, 1.165) is 36.2 Å². The minimum absolute atomic E-state index is 0.0360. The molecule has 6 heteroatoms. The first-order valence-corrected chi connectivity index (χ1v) is 9.45. The summed E-state index contributed by atoms with van der Waals surface area (Å²) < 4.78 is 11.2. The molecule has 1 heterocycles. The summed E-state index contributed by atoms with van der Waals surface area (Å²) in [5.41, 5.74) is 2.57. The van der Waals surface area contributed by atoms with Gasteiger partial charge >= 0.3 is 0 Å². The lowest BCUT2D eigenvalue weighted by Crippen LogP contribution is -2.47. The summed E-state index contributed by atoms with van der Waals surface area (Å²) in [7, 11) is 1.62. The number of benzene rings is 1. The van der Waals surface area contributed by atoms with Crippen LogP contribution in [0.4, 0.5) is 0 Å². The molecule has 1 aliphatic rings. The van der Waals surface area contributed by atoms with Crippen LogP contribution in [0, 0.1) is 0 Å². The Morgan fingerprint density at radius 1 is 1.27 bits per heavy atom. The third-order valence-corrected chi connectivity index (χ3v) is 4.74. The van der Waals surface area contributed by atoms with Gasteiger partial charge in [0, 0.05) is 17.8 Å². The third-order valence-electron chi connectivity index (χ3n) is 4.41. The van der Waals surface area contributed by atoms with Gasteiger partial charge in [-0.15, -0.1) is 0 Å². The standard InChI is InChI=1S/C20H28N2O3S/c1-6-10-22-13(3)18(14(4)23)19(21-20(22)26)15-8-9-16(25-11-7-2)17(12-15)24-5/h8-9,12,19H,6-7,10-11H2,1-5H3,(H,21,26). The minimum Gasteiger partial charge on any atom is -0.493 e. The summed E-state index contributed by atoms with van der Waals surface area (Å²) in [5.74, 6) is 1.39. The van der Waals surface area contributed by atoms with Crippen molar-refractivity contribution in [3.8, 4) is 11.5 Å². The largest absolute Gasteiger partial charge is 0.493 e. The van der Waals surface area contributed by atoms with Crippen molar-refractivity contribution in [3.63, 3.8) is 0 Å². The first kappa shape index (κ1) is 20.2. The molecule has 1 atom stereocenters. The number of ether oxygens (including phenoxy) is 2. The molecule has 1 unspecified atom stereocenters. The van der Waals surface area contributed by atoms with Gasteiger partial charge in [-0.05, 0) is 56.6 Å². The fraction of sp³-hybridized carbons (Fsp3) is 0.500. The van der Waals surface area contributed by atoms with Crippen molar-refractivity contribution >= 4 is 23.1 Å². The van der Waals surface area contributed by atoms with Crippen LogP contribution in [0.15, 0.2) is 29.5 Å². The zero-order valence-corrected chi connectivity index (χ0v) is 17.0. The summed E-state index contributed by atoms with van der Waals surface area (Å²) in [4.78, 5) is 14.4. The van der Waals surface area contributed by atoms with E-state index in [2.05, 4.69) is 19.2 Å². The first-order chi connectivity index (χ1) is 12.4. The van der Waals surface area contributed by atoms with Gasteiger partial charge in [0.1, 0.15) is 0 Å². The van der Waals surface area contributed by atoms with E-state index in [1.165, 1.54) is 0 Å². The molecule has 0 aromatic heterocycles. The quantitative estimate of drug-likeness (QED) is 0.693. The SMILES string of the molecule is CCCOc1ccc(C2NC(=S)N(CCC)C(C)=C2C(C)=O)cc1OC. The number of thiocarbonyl (C=S) groups is 1. The maximum atomic E-state index is 12.4. The molecule has 0 aliphatic carbocycles. The predicted octanol–water partition coefficient (Wildman–Crippen LogP) is 3.99. The van der Waals surface area contributed by atoms with Crippen LogP contribution in [0.2, 0.25) is 0 Å². The Bertz CT molecular complexity index is 715. The molecule has 1 aliphatic heterocycles. The first-order valence-electron chi connectivity index (χ1n) is 9.05. The van der Waals surface area contributed by atoms with Crippen molar-refractivity contribution in [2.24, 2.45) is 0 Å². The van der Waals surface area contributed by atoms with Gasteiger partial charge in [-0.25, -0.2) is 0 Å². The maximum absolute atomic E-state index is 12.4. The highest BCUT2D eigenvalue weighted by atomic mass is 32.1. The summed E-state index contributed by atoms with van der Waals surface area (Å²) in [6.07, 6.45) is 1.87. The monoisotopic (exact) mass is 376 g/mol. The van der Waals surface area contributed by atoms with Gasteiger partial charge in [-0.3, -0.25) is 4.79 Å². The number of hydrogen-bond donors (Lipinski definition) is 1. The minimum atomic E-state index is -0.290. The van der Waals surface area contributed by atoms with Crippen LogP contribution in [0.1, 0.15) is 52.1 Å². The van der Waals surface area contributed by atoms with E-state index in [9.17, 15) is 4.79 Å². The number of allylic oxidation sites excluding steroid dienone is 1. The van der Waals surface area contributed by atoms with Crippen LogP contribution in [0.25, 0.3) is 0 Å². The van der Waals surface area contributed by atoms with Crippen molar-refractivity contribution in [2.45, 2.75) is 46.6 Å². The fourth-order valence-corrected chi connectivity index (χ4v) is 3.52. The second-order valence-electron chi connectivity index (χ2n) is 6.35. The van der Waals surface area contributed by atoms with Crippen molar-refractivity contribution in [3.05, 3.63) is 35.0 Å². The number of nitrogens with zero attached hydrogens (tertiary/aromatic N) is 1. The molecular weight excluding hydrogens is 348 g/mol. The Hall–Kier alpha value is -2.08. The molecule has 142 valence electrons. The topological polar surface area (TPSA) is 50.8 Å². The summed E-state index contributed by atoms with van der Waals surface area (Å²) in [5, 5.41) is 3.97. The molecule has 0 fully saturated rings. The highest BCUT2D eigenvalue weighted by molar-refractivity contribution is 7.80. The van der Waals surface area contributed by atoms with Crippen molar-refractivity contribution in [1.82, 2.24) is 10.2 Å². The number of methoxy groups -OCH3 is 1. The van der Waals surface area contributed by atoms with Crippen molar-refractivity contribution in [2.75, 3.05) is 20.3 Å². The highest BCUT2D eigenvalue weighted by Crippen LogP contribution is 2.36. The average Bonchev–Trinajstić information content (AvgIpc) is 2.62. The molecule has 2 rings (SSSR count). The smallest absolute Gasteiger partial charge is 0.173 e. The molecular formula is C20H28N2O3S. The summed E-state index contributed by atoms with van der Waals surface area (Å²) in [6, 6.07) is 5.47. The van der Waals surface area contributed by atoms with Crippen LogP contribution >= 0.6 is 12.2 Å². The number of carbonyl (C=O) groups is 1. The fourth-order valence-electron chi connectivity index (χ4n) is 3.18. The van der Waals surface area contributed by atoms with E-state index < -0.39 is 0 Å². The second-order valence-corrected chi connectivity index (χ2v) is 6.73. The Morgan fingerprint density at radius 3 is 2.58 bits per heavy atom. The Kier molecular flexibility index (Phi) is 7.03. The van der Waals surface area contributed by atoms with E-state index >= 15 is 0 Å². The van der Waals surface area contributed by atoms with Gasteiger partial charge in [0.2, 0.25) is 0 Å². The van der Waals surface area contributed by atoms with E-state index in [1.54, 1.807) is 14.0 Å². The van der Waals surface area contributed by atoms with Crippen LogP contribution in [0.3, 0.4) is 0 Å². The van der Waals surface area contributed by atoms with Crippen LogP contribution in [0.5, 0.6) is 11.5 Å². The second kappa shape index (κ2) is 9.03. The Morgan fingerprint density at radius 2 is 2.00 bits per heavy atom. The normalized spacial score (nSPS) is 17.2. The zero-order chi connectivity index (χ0) is 19.3. The lowest BCUT2D eigenvalue weighted by Gasteiger charge is -2.37. The van der Waals surface area contributed by atoms with E-state index in [1.807, 2.05) is 30.0 Å². The molecule has 1 aromatic rings. The van der Waals surface area contributed by atoms with E-state index in [-0.39, 0.29) is 11.8 Å². The highest BCUT2D eigenvalue weighted by Gasteiger charge is 2.32. The predicted molar refractivity (Wildman–Crippen MR) is 108 cm³/mol. The number of ketones is 1. The van der Waals surface area contributed by atoms with Crippen LogP contribution < -0.4 is 14.8 Å². The van der Waals surface area contributed by atoms with Gasteiger partial charge in [0.05, 0.1) is 19.8 Å². The van der Waals surface area contributed by atoms with Crippen molar-refractivity contribution in [1.29, 1.82) is 0 Å². The molecule has 1 N–H and O–H groups in total. The van der Waals surface area contributed by atoms with Gasteiger partial charge in [-0.1, -0.05) is 19.9 Å². The molecule has 0 saturated carbocycles. The summed E-state index contributed by atoms with van der Waals surface area (Å²) in [6.45, 7) is 9.13. The van der Waals surface area contributed by atoms with Gasteiger partial charge < -0.3 is 19.7 Å². The van der Waals surface area contributed by atoms with E-state index in [0.29, 0.717) is 23.2 Å².